The number of nitrogens with zero attached hydrogens (tertiary/aromatic N) is 4. The summed E-state index contributed by atoms with van der Waals surface area (Å²) in [5.74, 6) is 1.10. The van der Waals surface area contributed by atoms with Gasteiger partial charge in [-0.3, -0.25) is 9.78 Å². The molecule has 6 nitrogen and oxygen atoms in total. The number of nitrogens with two attached hydrogens (primary N) is 1. The Balaban J connectivity index is 1.95. The van der Waals surface area contributed by atoms with Gasteiger partial charge in [0, 0.05) is 28.9 Å². The summed E-state index contributed by atoms with van der Waals surface area (Å²) >= 11 is 1.66. The second-order valence-electron chi connectivity index (χ2n) is 6.40. The molecular weight excluding hydrogens is 334 g/mol. The molecule has 3 heterocycles. The van der Waals surface area contributed by atoms with Crippen LogP contribution in [0.2, 0.25) is 0 Å². The van der Waals surface area contributed by atoms with Gasteiger partial charge >= 0.3 is 0 Å². The number of fused-ring (bicyclic) bond motifs is 1. The summed E-state index contributed by atoms with van der Waals surface area (Å²) in [5.41, 5.74) is 7.54. The van der Waals surface area contributed by atoms with E-state index in [0.717, 1.165) is 34.4 Å². The topological polar surface area (TPSA) is 85.0 Å². The van der Waals surface area contributed by atoms with E-state index < -0.39 is 0 Å². The van der Waals surface area contributed by atoms with Crippen molar-refractivity contribution < 1.29 is 4.79 Å². The van der Waals surface area contributed by atoms with Crippen molar-refractivity contribution in [3.05, 3.63) is 35.0 Å². The van der Waals surface area contributed by atoms with Crippen LogP contribution in [0, 0.1) is 13.8 Å². The molecule has 4 rings (SSSR count). The number of thiophene rings is 1. The summed E-state index contributed by atoms with van der Waals surface area (Å²) in [6, 6.07) is 4.14. The zero-order valence-electron chi connectivity index (χ0n) is 14.2. The fraction of sp³-hybridized carbons (Fsp3) is 0.333. The molecule has 0 aromatic carbocycles. The summed E-state index contributed by atoms with van der Waals surface area (Å²) in [5, 5.41) is 1.03. The summed E-state index contributed by atoms with van der Waals surface area (Å²) < 4.78 is 0. The first-order valence-corrected chi connectivity index (χ1v) is 9.09. The van der Waals surface area contributed by atoms with E-state index in [2.05, 4.69) is 18.8 Å². The number of pyridine rings is 1. The lowest BCUT2D eigenvalue weighted by Gasteiger charge is -2.23. The fourth-order valence-electron chi connectivity index (χ4n) is 2.99. The lowest BCUT2D eigenvalue weighted by Crippen LogP contribution is -2.36. The van der Waals surface area contributed by atoms with Crippen LogP contribution < -0.4 is 10.6 Å². The van der Waals surface area contributed by atoms with Gasteiger partial charge in [-0.25, -0.2) is 9.97 Å². The van der Waals surface area contributed by atoms with Crippen LogP contribution in [-0.2, 0) is 4.79 Å². The minimum absolute atomic E-state index is 0.178. The van der Waals surface area contributed by atoms with Crippen LogP contribution in [0.3, 0.4) is 0 Å². The molecular formula is C18H19N5OS. The van der Waals surface area contributed by atoms with E-state index >= 15 is 0 Å². The number of amides is 1. The van der Waals surface area contributed by atoms with Gasteiger partial charge in [-0.1, -0.05) is 0 Å². The third-order valence-corrected chi connectivity index (χ3v) is 5.62. The van der Waals surface area contributed by atoms with E-state index in [0.29, 0.717) is 11.9 Å². The molecule has 1 saturated carbocycles. The molecule has 1 amide bonds. The first-order chi connectivity index (χ1) is 12.0. The summed E-state index contributed by atoms with van der Waals surface area (Å²) in [4.78, 5) is 29.6. The molecule has 0 bridgehead atoms. The number of aryl methyl sites for hydroxylation is 2. The monoisotopic (exact) mass is 353 g/mol. The molecule has 3 aromatic heterocycles. The molecule has 1 aliphatic rings. The van der Waals surface area contributed by atoms with Crippen molar-refractivity contribution in [1.29, 1.82) is 0 Å². The van der Waals surface area contributed by atoms with Gasteiger partial charge in [0.2, 0.25) is 5.91 Å². The largest absolute Gasteiger partial charge is 0.368 e. The molecule has 0 unspecified atom stereocenters. The Bertz CT molecular complexity index is 949. The zero-order valence-corrected chi connectivity index (χ0v) is 15.0. The second-order valence-corrected chi connectivity index (χ2v) is 7.60. The highest BCUT2D eigenvalue weighted by Crippen LogP contribution is 2.40. The van der Waals surface area contributed by atoms with Crippen LogP contribution in [0.4, 0.5) is 5.82 Å². The van der Waals surface area contributed by atoms with Gasteiger partial charge < -0.3 is 10.6 Å². The van der Waals surface area contributed by atoms with Gasteiger partial charge in [0.25, 0.3) is 0 Å². The van der Waals surface area contributed by atoms with Crippen LogP contribution in [0.1, 0.15) is 23.3 Å². The fourth-order valence-corrected chi connectivity index (χ4v) is 4.02. The predicted molar refractivity (Wildman–Crippen MR) is 99.7 cm³/mol. The Hall–Kier alpha value is -2.54. The summed E-state index contributed by atoms with van der Waals surface area (Å²) in [6.45, 7) is 4.35. The minimum Gasteiger partial charge on any atom is -0.368 e. The molecule has 3 aromatic rings. The number of anilines is 1. The number of aromatic nitrogens is 3. The maximum Gasteiger partial charge on any atom is 0.237 e. The molecule has 2 N–H and O–H groups in total. The molecule has 7 heteroatoms. The standard InChI is InChI=1S/C18H19N5OS/c1-10-11(2)25-18-15(10)17(23(9-14(19)24)13-5-6-13)21-16(22-18)12-4-3-7-20-8-12/h3-4,7-8,13H,5-6,9H2,1-2H3,(H2,19,24). The number of primary amides is 1. The van der Waals surface area contributed by atoms with Crippen LogP contribution in [-0.4, -0.2) is 33.4 Å². The third-order valence-electron chi connectivity index (χ3n) is 4.52. The Kier molecular flexibility index (Phi) is 3.88. The SMILES string of the molecule is Cc1sc2nc(-c3cccnc3)nc(N(CC(N)=O)C3CC3)c2c1C. The highest BCUT2D eigenvalue weighted by Gasteiger charge is 2.33. The van der Waals surface area contributed by atoms with Gasteiger partial charge in [0.1, 0.15) is 10.6 Å². The van der Waals surface area contributed by atoms with E-state index in [9.17, 15) is 4.79 Å². The molecule has 0 aliphatic heterocycles. The van der Waals surface area contributed by atoms with Crippen molar-refractivity contribution >= 4 is 33.3 Å². The molecule has 1 aliphatic carbocycles. The molecule has 25 heavy (non-hydrogen) atoms. The quantitative estimate of drug-likeness (QED) is 0.762. The molecule has 0 radical (unpaired) electrons. The number of hydrogen-bond acceptors (Lipinski definition) is 6. The van der Waals surface area contributed by atoms with Crippen LogP contribution in [0.25, 0.3) is 21.6 Å². The van der Waals surface area contributed by atoms with Crippen LogP contribution >= 0.6 is 11.3 Å². The van der Waals surface area contributed by atoms with Crippen LogP contribution in [0.15, 0.2) is 24.5 Å². The first-order valence-electron chi connectivity index (χ1n) is 8.27. The number of carbonyl (C=O) groups excluding carboxylic acids is 1. The molecule has 0 saturated heterocycles. The van der Waals surface area contributed by atoms with Gasteiger partial charge in [-0.05, 0) is 44.4 Å². The predicted octanol–water partition coefficient (Wildman–Crippen LogP) is 2.82. The van der Waals surface area contributed by atoms with E-state index in [1.165, 1.54) is 10.4 Å². The highest BCUT2D eigenvalue weighted by atomic mass is 32.1. The summed E-state index contributed by atoms with van der Waals surface area (Å²) in [7, 11) is 0. The zero-order chi connectivity index (χ0) is 17.6. The lowest BCUT2D eigenvalue weighted by molar-refractivity contribution is -0.116. The number of carbonyl (C=O) groups is 1. The van der Waals surface area contributed by atoms with E-state index in [1.807, 2.05) is 17.0 Å². The normalized spacial score (nSPS) is 14.0. The van der Waals surface area contributed by atoms with Gasteiger partial charge in [0.05, 0.1) is 11.9 Å². The van der Waals surface area contributed by atoms with Crippen molar-refractivity contribution in [3.8, 4) is 11.4 Å². The molecule has 0 spiro atoms. The Labute approximate surface area is 149 Å². The van der Waals surface area contributed by atoms with Gasteiger partial charge in [-0.2, -0.15) is 0 Å². The van der Waals surface area contributed by atoms with Crippen molar-refractivity contribution in [2.75, 3.05) is 11.4 Å². The summed E-state index contributed by atoms with van der Waals surface area (Å²) in [6.07, 6.45) is 5.60. The number of rotatable bonds is 5. The van der Waals surface area contributed by atoms with Gasteiger partial charge in [-0.15, -0.1) is 11.3 Å². The van der Waals surface area contributed by atoms with Gasteiger partial charge in [0.15, 0.2) is 5.82 Å². The molecule has 1 fully saturated rings. The van der Waals surface area contributed by atoms with E-state index in [4.69, 9.17) is 15.7 Å². The molecule has 0 atom stereocenters. The Morgan fingerprint density at radius 2 is 2.16 bits per heavy atom. The van der Waals surface area contributed by atoms with E-state index in [-0.39, 0.29) is 12.5 Å². The van der Waals surface area contributed by atoms with Crippen molar-refractivity contribution in [2.24, 2.45) is 5.73 Å². The maximum absolute atomic E-state index is 11.6. The average Bonchev–Trinajstić information content (AvgIpc) is 3.39. The number of hydrogen-bond donors (Lipinski definition) is 1. The van der Waals surface area contributed by atoms with Crippen molar-refractivity contribution in [2.45, 2.75) is 32.7 Å². The van der Waals surface area contributed by atoms with E-state index in [1.54, 1.807) is 23.7 Å². The maximum atomic E-state index is 11.6. The second kappa shape index (κ2) is 6.07. The molecule has 128 valence electrons. The Morgan fingerprint density at radius 1 is 1.36 bits per heavy atom. The average molecular weight is 353 g/mol. The minimum atomic E-state index is -0.341. The smallest absolute Gasteiger partial charge is 0.237 e. The third kappa shape index (κ3) is 2.95. The lowest BCUT2D eigenvalue weighted by atomic mass is 10.2. The highest BCUT2D eigenvalue weighted by molar-refractivity contribution is 7.18. The first kappa shape index (κ1) is 16.0. The Morgan fingerprint density at radius 3 is 2.80 bits per heavy atom. The van der Waals surface area contributed by atoms with Crippen molar-refractivity contribution in [1.82, 2.24) is 15.0 Å². The van der Waals surface area contributed by atoms with Crippen molar-refractivity contribution in [3.63, 3.8) is 0 Å². The van der Waals surface area contributed by atoms with Crippen LogP contribution in [0.5, 0.6) is 0 Å².